The van der Waals surface area contributed by atoms with Gasteiger partial charge >= 0.3 is 0 Å². The zero-order valence-electron chi connectivity index (χ0n) is 12.7. The number of hydrogen-bond acceptors (Lipinski definition) is 3. The van der Waals surface area contributed by atoms with Gasteiger partial charge in [0.2, 0.25) is 0 Å². The van der Waals surface area contributed by atoms with Crippen molar-refractivity contribution in [2.24, 2.45) is 11.7 Å². The Labute approximate surface area is 128 Å². The molecule has 1 aromatic carbocycles. The normalized spacial score (nSPS) is 11.5. The van der Waals surface area contributed by atoms with E-state index in [0.29, 0.717) is 17.1 Å². The first-order valence-corrected chi connectivity index (χ1v) is 7.41. The van der Waals surface area contributed by atoms with E-state index in [0.717, 1.165) is 28.9 Å². The van der Waals surface area contributed by atoms with Gasteiger partial charge in [-0.1, -0.05) is 26.0 Å². The quantitative estimate of drug-likeness (QED) is 0.775. The summed E-state index contributed by atoms with van der Waals surface area (Å²) in [6, 6.07) is 6.99. The van der Waals surface area contributed by atoms with E-state index < -0.39 is 0 Å². The number of halogens is 1. The first-order chi connectivity index (χ1) is 10.6. The number of nitrogens with zero attached hydrogens (tertiary/aromatic N) is 2. The number of aromatic nitrogens is 3. The van der Waals surface area contributed by atoms with Crippen LogP contribution < -0.4 is 5.73 Å². The molecule has 3 N–H and O–H groups in total. The van der Waals surface area contributed by atoms with Crippen LogP contribution in [0.5, 0.6) is 0 Å². The molecule has 2 heterocycles. The molecule has 0 saturated carbocycles. The van der Waals surface area contributed by atoms with Gasteiger partial charge in [0.05, 0.1) is 5.52 Å². The Morgan fingerprint density at radius 3 is 2.77 bits per heavy atom. The van der Waals surface area contributed by atoms with Crippen molar-refractivity contribution in [1.29, 1.82) is 0 Å². The number of rotatable bonds is 4. The van der Waals surface area contributed by atoms with Crippen LogP contribution in [-0.2, 0) is 13.0 Å². The molecular formula is C17H19FN4. The topological polar surface area (TPSA) is 67.6 Å². The number of aromatic amines is 1. The standard InChI is InChI=1S/C17H19FN4/c1-10(2)7-15-21-16-13(5-6-20-17(16)22-15)11-3-4-12(9-19)14(18)8-11/h3-6,8,10H,7,9,19H2,1-2H3,(H,20,21,22). The summed E-state index contributed by atoms with van der Waals surface area (Å²) < 4.78 is 14.0. The average Bonchev–Trinajstić information content (AvgIpc) is 2.88. The summed E-state index contributed by atoms with van der Waals surface area (Å²) >= 11 is 0. The van der Waals surface area contributed by atoms with Crippen LogP contribution in [0.15, 0.2) is 30.5 Å². The monoisotopic (exact) mass is 298 g/mol. The molecule has 3 aromatic rings. The van der Waals surface area contributed by atoms with E-state index in [-0.39, 0.29) is 12.4 Å². The molecule has 0 aliphatic heterocycles. The van der Waals surface area contributed by atoms with Crippen molar-refractivity contribution in [2.75, 3.05) is 0 Å². The molecule has 0 amide bonds. The van der Waals surface area contributed by atoms with Crippen LogP contribution in [0.2, 0.25) is 0 Å². The van der Waals surface area contributed by atoms with Gasteiger partial charge in [-0.05, 0) is 23.6 Å². The number of pyridine rings is 1. The Kier molecular flexibility index (Phi) is 3.90. The highest BCUT2D eigenvalue weighted by atomic mass is 19.1. The van der Waals surface area contributed by atoms with E-state index >= 15 is 0 Å². The van der Waals surface area contributed by atoms with Crippen LogP contribution in [-0.4, -0.2) is 15.0 Å². The maximum absolute atomic E-state index is 14.0. The molecule has 114 valence electrons. The molecule has 22 heavy (non-hydrogen) atoms. The molecule has 0 unspecified atom stereocenters. The van der Waals surface area contributed by atoms with Crippen LogP contribution in [0.4, 0.5) is 4.39 Å². The number of nitrogens with one attached hydrogen (secondary N) is 1. The van der Waals surface area contributed by atoms with Gasteiger partial charge < -0.3 is 10.7 Å². The highest BCUT2D eigenvalue weighted by molar-refractivity contribution is 5.89. The molecule has 5 heteroatoms. The molecule has 3 rings (SSSR count). The Morgan fingerprint density at radius 1 is 1.27 bits per heavy atom. The fraction of sp³-hybridized carbons (Fsp3) is 0.294. The van der Waals surface area contributed by atoms with Gasteiger partial charge in [0.15, 0.2) is 5.65 Å². The van der Waals surface area contributed by atoms with Crippen molar-refractivity contribution >= 4 is 11.2 Å². The van der Waals surface area contributed by atoms with Crippen LogP contribution >= 0.6 is 0 Å². The van der Waals surface area contributed by atoms with E-state index in [2.05, 4.69) is 28.8 Å². The second kappa shape index (κ2) is 5.85. The van der Waals surface area contributed by atoms with Gasteiger partial charge in [0, 0.05) is 30.3 Å². The van der Waals surface area contributed by atoms with Crippen molar-refractivity contribution in [3.8, 4) is 11.1 Å². The second-order valence-corrected chi connectivity index (χ2v) is 5.85. The molecule has 0 saturated heterocycles. The van der Waals surface area contributed by atoms with Gasteiger partial charge in [-0.2, -0.15) is 0 Å². The van der Waals surface area contributed by atoms with E-state index in [1.165, 1.54) is 6.07 Å². The summed E-state index contributed by atoms with van der Waals surface area (Å²) in [5.41, 5.74) is 9.23. The summed E-state index contributed by atoms with van der Waals surface area (Å²) in [4.78, 5) is 12.1. The van der Waals surface area contributed by atoms with Gasteiger partial charge in [-0.3, -0.25) is 0 Å². The summed E-state index contributed by atoms with van der Waals surface area (Å²) in [6.07, 6.45) is 2.56. The number of benzene rings is 1. The van der Waals surface area contributed by atoms with Crippen molar-refractivity contribution in [1.82, 2.24) is 15.0 Å². The maximum atomic E-state index is 14.0. The van der Waals surface area contributed by atoms with Gasteiger partial charge in [0.1, 0.15) is 11.6 Å². The third-order valence-corrected chi connectivity index (χ3v) is 3.63. The van der Waals surface area contributed by atoms with E-state index in [1.54, 1.807) is 12.3 Å². The number of fused-ring (bicyclic) bond motifs is 1. The van der Waals surface area contributed by atoms with Crippen molar-refractivity contribution in [2.45, 2.75) is 26.8 Å². The van der Waals surface area contributed by atoms with Crippen LogP contribution in [0.3, 0.4) is 0 Å². The molecular weight excluding hydrogens is 279 g/mol. The SMILES string of the molecule is CC(C)Cc1nc2nccc(-c3ccc(CN)c(F)c3)c2[nH]1. The Hall–Kier alpha value is -2.27. The number of hydrogen-bond donors (Lipinski definition) is 2. The van der Waals surface area contributed by atoms with Gasteiger partial charge in [-0.15, -0.1) is 0 Å². The van der Waals surface area contributed by atoms with E-state index in [4.69, 9.17) is 5.73 Å². The molecule has 0 atom stereocenters. The molecule has 0 aliphatic rings. The summed E-state index contributed by atoms with van der Waals surface area (Å²) in [5.74, 6) is 1.13. The lowest BCUT2D eigenvalue weighted by Crippen LogP contribution is -1.99. The fourth-order valence-electron chi connectivity index (χ4n) is 2.56. The van der Waals surface area contributed by atoms with E-state index in [1.807, 2.05) is 12.1 Å². The molecule has 0 fully saturated rings. The highest BCUT2D eigenvalue weighted by Crippen LogP contribution is 2.27. The van der Waals surface area contributed by atoms with Crippen molar-refractivity contribution in [3.63, 3.8) is 0 Å². The van der Waals surface area contributed by atoms with Crippen molar-refractivity contribution < 1.29 is 4.39 Å². The van der Waals surface area contributed by atoms with Crippen molar-refractivity contribution in [3.05, 3.63) is 47.7 Å². The minimum Gasteiger partial charge on any atom is -0.340 e. The highest BCUT2D eigenvalue weighted by Gasteiger charge is 2.12. The Morgan fingerprint density at radius 2 is 2.09 bits per heavy atom. The first kappa shape index (κ1) is 14.7. The zero-order valence-corrected chi connectivity index (χ0v) is 12.7. The zero-order chi connectivity index (χ0) is 15.7. The number of imidazole rings is 1. The summed E-state index contributed by atoms with van der Waals surface area (Å²) in [6.45, 7) is 4.48. The number of H-pyrrole nitrogens is 1. The minimum absolute atomic E-state index is 0.195. The largest absolute Gasteiger partial charge is 0.340 e. The minimum atomic E-state index is -0.285. The molecule has 0 bridgehead atoms. The predicted molar refractivity (Wildman–Crippen MR) is 85.7 cm³/mol. The second-order valence-electron chi connectivity index (χ2n) is 5.85. The lowest BCUT2D eigenvalue weighted by Gasteiger charge is -2.05. The molecule has 4 nitrogen and oxygen atoms in total. The van der Waals surface area contributed by atoms with E-state index in [9.17, 15) is 4.39 Å². The smallest absolute Gasteiger partial charge is 0.178 e. The summed E-state index contributed by atoms with van der Waals surface area (Å²) in [7, 11) is 0. The Bertz CT molecular complexity index is 808. The third kappa shape index (κ3) is 2.72. The molecule has 0 spiro atoms. The van der Waals surface area contributed by atoms with Gasteiger partial charge in [0.25, 0.3) is 0 Å². The molecule has 0 aliphatic carbocycles. The van der Waals surface area contributed by atoms with Crippen LogP contribution in [0.1, 0.15) is 25.2 Å². The predicted octanol–water partition coefficient (Wildman–Crippen LogP) is 3.42. The first-order valence-electron chi connectivity index (χ1n) is 7.41. The van der Waals surface area contributed by atoms with Crippen LogP contribution in [0.25, 0.3) is 22.3 Å². The Balaban J connectivity index is 2.10. The van der Waals surface area contributed by atoms with Gasteiger partial charge in [-0.25, -0.2) is 14.4 Å². The molecule has 2 aromatic heterocycles. The lowest BCUT2D eigenvalue weighted by molar-refractivity contribution is 0.611. The maximum Gasteiger partial charge on any atom is 0.178 e. The third-order valence-electron chi connectivity index (χ3n) is 3.63. The number of nitrogens with two attached hydrogens (primary N) is 1. The van der Waals surface area contributed by atoms with Crippen LogP contribution in [0, 0.1) is 11.7 Å². The summed E-state index contributed by atoms with van der Waals surface area (Å²) in [5, 5.41) is 0. The lowest BCUT2D eigenvalue weighted by atomic mass is 10.0. The molecule has 0 radical (unpaired) electrons. The fourth-order valence-corrected chi connectivity index (χ4v) is 2.56. The average molecular weight is 298 g/mol.